The van der Waals surface area contributed by atoms with Gasteiger partial charge in [-0.25, -0.2) is 0 Å². The molecule has 1 saturated heterocycles. The Bertz CT molecular complexity index is 621. The van der Waals surface area contributed by atoms with E-state index in [1.54, 1.807) is 0 Å². The van der Waals surface area contributed by atoms with Crippen molar-refractivity contribution in [3.63, 3.8) is 0 Å². The number of carbonyl (C=O) groups excluding carboxylic acids is 1. The lowest BCUT2D eigenvalue weighted by Crippen LogP contribution is -2.44. The predicted octanol–water partition coefficient (Wildman–Crippen LogP) is 2.27. The highest BCUT2D eigenvalue weighted by atomic mass is 16.2. The lowest BCUT2D eigenvalue weighted by atomic mass is 10.1. The molecule has 1 fully saturated rings. The molecule has 1 aromatic carbocycles. The molecule has 0 aliphatic carbocycles. The third-order valence-corrected chi connectivity index (χ3v) is 3.82. The maximum Gasteiger partial charge on any atom is 0.227 e. The van der Waals surface area contributed by atoms with Crippen molar-refractivity contribution >= 4 is 16.7 Å². The van der Waals surface area contributed by atoms with Crippen LogP contribution in [0.3, 0.4) is 0 Å². The monoisotopic (exact) mass is 255 g/mol. The molecule has 1 aliphatic heterocycles. The van der Waals surface area contributed by atoms with Crippen LogP contribution in [0.2, 0.25) is 0 Å². The highest BCUT2D eigenvalue weighted by Crippen LogP contribution is 2.17. The molecule has 0 spiro atoms. The molecule has 1 amide bonds. The predicted molar refractivity (Wildman–Crippen MR) is 74.5 cm³/mol. The van der Waals surface area contributed by atoms with E-state index >= 15 is 0 Å². The highest BCUT2D eigenvalue weighted by Gasteiger charge is 2.23. The molecule has 0 saturated carbocycles. The van der Waals surface area contributed by atoms with E-state index in [0.29, 0.717) is 13.1 Å². The molecule has 0 atom stereocenters. The van der Waals surface area contributed by atoms with Crippen LogP contribution in [0.5, 0.6) is 0 Å². The second-order valence-corrected chi connectivity index (χ2v) is 5.14. The van der Waals surface area contributed by atoms with Gasteiger partial charge in [0.15, 0.2) is 12.4 Å². The Morgan fingerprint density at radius 2 is 2.11 bits per heavy atom. The number of fused-ring (bicyclic) bond motifs is 1. The van der Waals surface area contributed by atoms with Gasteiger partial charge in [-0.1, -0.05) is 25.1 Å². The van der Waals surface area contributed by atoms with Gasteiger partial charge in [-0.05, 0) is 24.3 Å². The number of rotatable bonds is 3. The van der Waals surface area contributed by atoms with Crippen LogP contribution in [0, 0.1) is 0 Å². The molecule has 0 unspecified atom stereocenters. The molecule has 0 N–H and O–H groups in total. The first-order valence-electron chi connectivity index (χ1n) is 6.96. The number of benzene rings is 1. The lowest BCUT2D eigenvalue weighted by molar-refractivity contribution is -0.711. The van der Waals surface area contributed by atoms with Crippen molar-refractivity contribution in [2.24, 2.45) is 0 Å². The smallest absolute Gasteiger partial charge is 0.227 e. The van der Waals surface area contributed by atoms with Crippen LogP contribution in [0.4, 0.5) is 0 Å². The fourth-order valence-electron chi connectivity index (χ4n) is 2.80. The Morgan fingerprint density at radius 1 is 1.26 bits per heavy atom. The van der Waals surface area contributed by atoms with Gasteiger partial charge in [0.1, 0.15) is 0 Å². The number of pyridine rings is 1. The Kier molecular flexibility index (Phi) is 3.20. The van der Waals surface area contributed by atoms with Gasteiger partial charge in [0.05, 0.1) is 0 Å². The number of amides is 1. The number of hydrogen-bond acceptors (Lipinski definition) is 1. The van der Waals surface area contributed by atoms with E-state index in [4.69, 9.17) is 0 Å². The Labute approximate surface area is 113 Å². The third kappa shape index (κ3) is 2.33. The van der Waals surface area contributed by atoms with Crippen molar-refractivity contribution in [3.8, 4) is 0 Å². The molecular weight excluding hydrogens is 236 g/mol. The minimum absolute atomic E-state index is 0.277. The molecule has 3 heteroatoms. The summed E-state index contributed by atoms with van der Waals surface area (Å²) in [4.78, 5) is 13.6. The molecular formula is C16H19N2O+. The zero-order chi connectivity index (χ0) is 13.2. The second-order valence-electron chi connectivity index (χ2n) is 5.14. The van der Waals surface area contributed by atoms with Crippen molar-refractivity contribution in [3.05, 3.63) is 42.2 Å². The standard InChI is InChI=1S/C16H19N2O/c1-2-13-10-17(12-18-9-5-8-16(18)19)11-14-6-3-4-7-15(13)14/h3-4,6-7,10-11H,2,5,8-9,12H2,1H3/q+1. The first kappa shape index (κ1) is 12.2. The van der Waals surface area contributed by atoms with E-state index in [-0.39, 0.29) is 5.91 Å². The lowest BCUT2D eigenvalue weighted by Gasteiger charge is -2.12. The number of nitrogens with zero attached hydrogens (tertiary/aromatic N) is 2. The number of hydrogen-bond donors (Lipinski definition) is 0. The van der Waals surface area contributed by atoms with Gasteiger partial charge in [-0.3, -0.25) is 9.69 Å². The van der Waals surface area contributed by atoms with E-state index in [1.807, 2.05) is 4.90 Å². The van der Waals surface area contributed by atoms with Gasteiger partial charge in [-0.2, -0.15) is 4.57 Å². The SMILES string of the molecule is CCc1c[n+](CN2CCCC2=O)cc2ccccc12. The van der Waals surface area contributed by atoms with Gasteiger partial charge in [0.2, 0.25) is 12.6 Å². The van der Waals surface area contributed by atoms with E-state index in [2.05, 4.69) is 48.1 Å². The maximum absolute atomic E-state index is 11.7. The summed E-state index contributed by atoms with van der Waals surface area (Å²) in [5.41, 5.74) is 1.34. The molecule has 98 valence electrons. The van der Waals surface area contributed by atoms with E-state index in [9.17, 15) is 4.79 Å². The molecule has 1 aromatic heterocycles. The largest absolute Gasteiger partial charge is 0.287 e. The van der Waals surface area contributed by atoms with Gasteiger partial charge >= 0.3 is 0 Å². The molecule has 2 heterocycles. The van der Waals surface area contributed by atoms with E-state index in [0.717, 1.165) is 19.4 Å². The Hall–Kier alpha value is -1.90. The summed E-state index contributed by atoms with van der Waals surface area (Å²) in [5, 5.41) is 2.56. The second kappa shape index (κ2) is 5.00. The normalized spacial score (nSPS) is 15.4. The summed E-state index contributed by atoms with van der Waals surface area (Å²) in [7, 11) is 0. The third-order valence-electron chi connectivity index (χ3n) is 3.82. The molecule has 2 aromatic rings. The van der Waals surface area contributed by atoms with Crippen LogP contribution >= 0.6 is 0 Å². The molecule has 3 rings (SSSR count). The average molecular weight is 255 g/mol. The number of carbonyl (C=O) groups is 1. The average Bonchev–Trinajstić information content (AvgIpc) is 2.83. The van der Waals surface area contributed by atoms with Crippen LogP contribution in [0.1, 0.15) is 25.3 Å². The number of aromatic nitrogens is 1. The zero-order valence-corrected chi connectivity index (χ0v) is 11.3. The summed E-state index contributed by atoms with van der Waals surface area (Å²) in [5.74, 6) is 0.277. The van der Waals surface area contributed by atoms with Crippen molar-refractivity contribution in [2.45, 2.75) is 32.9 Å². The Morgan fingerprint density at radius 3 is 2.84 bits per heavy atom. The van der Waals surface area contributed by atoms with Crippen molar-refractivity contribution in [1.82, 2.24) is 4.90 Å². The van der Waals surface area contributed by atoms with Crippen LogP contribution in [-0.2, 0) is 17.9 Å². The molecule has 1 aliphatic rings. The number of aryl methyl sites for hydroxylation is 1. The van der Waals surface area contributed by atoms with Gasteiger partial charge in [0, 0.05) is 23.9 Å². The minimum atomic E-state index is 0.277. The topological polar surface area (TPSA) is 24.2 Å². The van der Waals surface area contributed by atoms with Gasteiger partial charge in [0.25, 0.3) is 0 Å². The van der Waals surface area contributed by atoms with E-state index in [1.165, 1.54) is 16.3 Å². The van der Waals surface area contributed by atoms with Gasteiger partial charge in [-0.15, -0.1) is 0 Å². The molecule has 0 radical (unpaired) electrons. The molecule has 0 bridgehead atoms. The Balaban J connectivity index is 1.97. The molecule has 19 heavy (non-hydrogen) atoms. The first-order chi connectivity index (χ1) is 9.28. The minimum Gasteiger partial charge on any atom is -0.287 e. The fourth-order valence-corrected chi connectivity index (χ4v) is 2.80. The fraction of sp³-hybridized carbons (Fsp3) is 0.375. The first-order valence-corrected chi connectivity index (χ1v) is 6.96. The van der Waals surface area contributed by atoms with Crippen LogP contribution in [0.25, 0.3) is 10.8 Å². The number of likely N-dealkylation sites (tertiary alicyclic amines) is 1. The van der Waals surface area contributed by atoms with Crippen LogP contribution < -0.4 is 4.57 Å². The molecule has 3 nitrogen and oxygen atoms in total. The van der Waals surface area contributed by atoms with Crippen LogP contribution in [0.15, 0.2) is 36.7 Å². The summed E-state index contributed by atoms with van der Waals surface area (Å²) in [6, 6.07) is 8.44. The quantitative estimate of drug-likeness (QED) is 0.772. The zero-order valence-electron chi connectivity index (χ0n) is 11.3. The maximum atomic E-state index is 11.7. The summed E-state index contributed by atoms with van der Waals surface area (Å²) < 4.78 is 2.14. The summed E-state index contributed by atoms with van der Waals surface area (Å²) >= 11 is 0. The highest BCUT2D eigenvalue weighted by molar-refractivity contribution is 5.83. The van der Waals surface area contributed by atoms with E-state index < -0.39 is 0 Å². The van der Waals surface area contributed by atoms with Crippen molar-refractivity contribution < 1.29 is 9.36 Å². The van der Waals surface area contributed by atoms with Crippen molar-refractivity contribution in [2.75, 3.05) is 6.54 Å². The van der Waals surface area contributed by atoms with Gasteiger partial charge < -0.3 is 0 Å². The van der Waals surface area contributed by atoms with Crippen molar-refractivity contribution in [1.29, 1.82) is 0 Å². The summed E-state index contributed by atoms with van der Waals surface area (Å²) in [6.45, 7) is 3.74. The van der Waals surface area contributed by atoms with Crippen LogP contribution in [-0.4, -0.2) is 17.4 Å². The summed E-state index contributed by atoms with van der Waals surface area (Å²) in [6.07, 6.45) is 7.02.